The zero-order chi connectivity index (χ0) is 24.2. The zero-order valence-corrected chi connectivity index (χ0v) is 19.8. The second-order valence-electron chi connectivity index (χ2n) is 9.51. The Kier molecular flexibility index (Phi) is 5.40. The van der Waals surface area contributed by atoms with Gasteiger partial charge in [0.15, 0.2) is 0 Å². The summed E-state index contributed by atoms with van der Waals surface area (Å²) in [6.45, 7) is 0. The Labute approximate surface area is 204 Å². The molecule has 0 spiro atoms. The average Bonchev–Trinajstić information content (AvgIpc) is 3.55. The van der Waals surface area contributed by atoms with Gasteiger partial charge in [-0.05, 0) is 60.6 Å². The van der Waals surface area contributed by atoms with Crippen LogP contribution in [0.2, 0.25) is 0 Å². The topological polar surface area (TPSA) is 87.4 Å². The standard InChI is InChI=1S/C27H26FN3O3S/c28-21-7-9-26(29-14-21)31-15-24(19-3-1-2-18(12-19)17-4-5-17)23-8-6-20(13-25(23)31)27(32)30-22-10-11-35(33,34)16-22/h1-3,6-9,12-15,17,22,33-34H,4-5,10-11,16H2,(H,30,32). The van der Waals surface area contributed by atoms with Crippen molar-refractivity contribution < 1.29 is 18.3 Å². The van der Waals surface area contributed by atoms with Crippen molar-refractivity contribution in [2.45, 2.75) is 31.2 Å². The number of pyridine rings is 1. The van der Waals surface area contributed by atoms with E-state index in [-0.39, 0.29) is 17.7 Å². The first-order valence-electron chi connectivity index (χ1n) is 11.8. The third-order valence-electron chi connectivity index (χ3n) is 6.87. The number of hydrogen-bond donors (Lipinski definition) is 3. The summed E-state index contributed by atoms with van der Waals surface area (Å²) < 4.78 is 35.2. The summed E-state index contributed by atoms with van der Waals surface area (Å²) in [6.07, 6.45) is 6.17. The van der Waals surface area contributed by atoms with Crippen molar-refractivity contribution in [3.63, 3.8) is 0 Å². The van der Waals surface area contributed by atoms with E-state index >= 15 is 0 Å². The summed E-state index contributed by atoms with van der Waals surface area (Å²) in [4.78, 5) is 17.3. The highest BCUT2D eigenvalue weighted by atomic mass is 32.3. The number of aromatic nitrogens is 2. The van der Waals surface area contributed by atoms with Gasteiger partial charge in [-0.25, -0.2) is 9.37 Å². The van der Waals surface area contributed by atoms with Gasteiger partial charge in [-0.15, -0.1) is 0 Å². The molecule has 3 heterocycles. The number of nitrogens with zero attached hydrogens (tertiary/aromatic N) is 2. The van der Waals surface area contributed by atoms with Crippen molar-refractivity contribution in [1.82, 2.24) is 14.9 Å². The van der Waals surface area contributed by atoms with Crippen LogP contribution < -0.4 is 5.32 Å². The average molecular weight is 492 g/mol. The van der Waals surface area contributed by atoms with Crippen LogP contribution in [0.5, 0.6) is 0 Å². The predicted molar refractivity (Wildman–Crippen MR) is 137 cm³/mol. The molecule has 4 aromatic rings. The largest absolute Gasteiger partial charge is 0.348 e. The zero-order valence-electron chi connectivity index (χ0n) is 19.0. The highest BCUT2D eigenvalue weighted by molar-refractivity contribution is 8.24. The molecular formula is C27H26FN3O3S. The number of hydrogen-bond acceptors (Lipinski definition) is 4. The number of fused-ring (bicyclic) bond motifs is 1. The van der Waals surface area contributed by atoms with Gasteiger partial charge >= 0.3 is 0 Å². The van der Waals surface area contributed by atoms with Crippen LogP contribution in [0.25, 0.3) is 27.8 Å². The van der Waals surface area contributed by atoms with E-state index in [1.807, 2.05) is 22.9 Å². The Bertz CT molecular complexity index is 1430. The first-order valence-corrected chi connectivity index (χ1v) is 13.7. The molecule has 1 aliphatic heterocycles. The molecule has 8 heteroatoms. The van der Waals surface area contributed by atoms with E-state index in [4.69, 9.17) is 0 Å². The maximum Gasteiger partial charge on any atom is 0.251 e. The maximum atomic E-state index is 13.6. The van der Waals surface area contributed by atoms with Gasteiger partial charge in [-0.2, -0.15) is 10.6 Å². The Balaban J connectivity index is 1.42. The second kappa shape index (κ2) is 8.48. The number of halogens is 1. The molecule has 6 rings (SSSR count). The minimum Gasteiger partial charge on any atom is -0.348 e. The Morgan fingerprint density at radius 1 is 1.09 bits per heavy atom. The summed E-state index contributed by atoms with van der Waals surface area (Å²) in [7, 11) is -2.59. The number of nitrogens with one attached hydrogen (secondary N) is 1. The Morgan fingerprint density at radius 3 is 2.66 bits per heavy atom. The fourth-order valence-electron chi connectivity index (χ4n) is 4.88. The molecule has 0 bridgehead atoms. The SMILES string of the molecule is O=C(NC1CCS(O)(O)C1)c1ccc2c(-c3cccc(C4CC4)c3)cn(-c3ccc(F)cn3)c2c1. The first-order chi connectivity index (χ1) is 16.9. The summed E-state index contributed by atoms with van der Waals surface area (Å²) >= 11 is 0. The fourth-order valence-corrected chi connectivity index (χ4v) is 6.60. The molecule has 1 unspecified atom stereocenters. The van der Waals surface area contributed by atoms with Gasteiger partial charge in [-0.3, -0.25) is 13.9 Å². The van der Waals surface area contributed by atoms with E-state index < -0.39 is 16.4 Å². The molecule has 35 heavy (non-hydrogen) atoms. The van der Waals surface area contributed by atoms with Crippen LogP contribution in [0.15, 0.2) is 67.0 Å². The Hall–Kier alpha value is -3.20. The van der Waals surface area contributed by atoms with Crippen molar-refractivity contribution in [2.75, 3.05) is 11.5 Å². The van der Waals surface area contributed by atoms with E-state index in [1.165, 1.54) is 30.7 Å². The minimum absolute atomic E-state index is 0.193. The highest BCUT2D eigenvalue weighted by Crippen LogP contribution is 2.46. The number of carbonyl (C=O) groups is 1. The lowest BCUT2D eigenvalue weighted by Crippen LogP contribution is -2.35. The van der Waals surface area contributed by atoms with Gasteiger partial charge in [0, 0.05) is 34.5 Å². The second-order valence-corrected chi connectivity index (χ2v) is 11.9. The Morgan fingerprint density at radius 2 is 1.94 bits per heavy atom. The molecule has 2 aromatic heterocycles. The number of benzene rings is 2. The molecular weight excluding hydrogens is 465 g/mol. The summed E-state index contributed by atoms with van der Waals surface area (Å²) in [5.74, 6) is 1.03. The lowest BCUT2D eigenvalue weighted by molar-refractivity contribution is 0.0941. The molecule has 0 radical (unpaired) electrons. The molecule has 1 amide bonds. The molecule has 2 fully saturated rings. The molecule has 180 valence electrons. The van der Waals surface area contributed by atoms with Gasteiger partial charge in [0.1, 0.15) is 11.6 Å². The predicted octanol–water partition coefficient (Wildman–Crippen LogP) is 5.96. The third kappa shape index (κ3) is 4.45. The van der Waals surface area contributed by atoms with Crippen molar-refractivity contribution in [2.24, 2.45) is 0 Å². The highest BCUT2D eigenvalue weighted by Gasteiger charge is 2.30. The van der Waals surface area contributed by atoms with Gasteiger partial charge < -0.3 is 9.88 Å². The van der Waals surface area contributed by atoms with Crippen molar-refractivity contribution in [1.29, 1.82) is 0 Å². The number of carbonyl (C=O) groups excluding carboxylic acids is 1. The van der Waals surface area contributed by atoms with Crippen LogP contribution in [0.4, 0.5) is 4.39 Å². The number of amides is 1. The van der Waals surface area contributed by atoms with Crippen molar-refractivity contribution in [3.8, 4) is 16.9 Å². The van der Waals surface area contributed by atoms with E-state index in [1.54, 1.807) is 12.1 Å². The van der Waals surface area contributed by atoms with Crippen LogP contribution in [0, 0.1) is 5.82 Å². The first kappa shape index (κ1) is 22.3. The molecule has 3 N–H and O–H groups in total. The number of rotatable bonds is 5. The molecule has 2 aliphatic rings. The molecule has 6 nitrogen and oxygen atoms in total. The molecule has 1 aliphatic carbocycles. The monoisotopic (exact) mass is 491 g/mol. The molecule has 1 saturated carbocycles. The van der Waals surface area contributed by atoms with Crippen molar-refractivity contribution in [3.05, 3.63) is 83.9 Å². The summed E-state index contributed by atoms with van der Waals surface area (Å²) in [6, 6.07) is 16.8. The van der Waals surface area contributed by atoms with Crippen molar-refractivity contribution >= 4 is 27.4 Å². The van der Waals surface area contributed by atoms with Gasteiger partial charge in [0.05, 0.1) is 17.5 Å². The quantitative estimate of drug-likeness (QED) is 0.321. The molecule has 2 aromatic carbocycles. The third-order valence-corrected chi connectivity index (χ3v) is 8.70. The van der Waals surface area contributed by atoms with Crippen LogP contribution in [0.1, 0.15) is 41.1 Å². The van der Waals surface area contributed by atoms with Crippen LogP contribution >= 0.6 is 10.6 Å². The van der Waals surface area contributed by atoms with E-state index in [0.29, 0.717) is 29.5 Å². The van der Waals surface area contributed by atoms with E-state index in [2.05, 4.69) is 34.6 Å². The van der Waals surface area contributed by atoms with Gasteiger partial charge in [-0.1, -0.05) is 30.3 Å². The fraction of sp³-hybridized carbons (Fsp3) is 0.259. The lowest BCUT2D eigenvalue weighted by atomic mass is 10.00. The van der Waals surface area contributed by atoms with Gasteiger partial charge in [0.25, 0.3) is 5.91 Å². The summed E-state index contributed by atoms with van der Waals surface area (Å²) in [5.41, 5.74) is 4.71. The maximum absolute atomic E-state index is 13.6. The van der Waals surface area contributed by atoms with E-state index in [0.717, 1.165) is 22.0 Å². The minimum atomic E-state index is -2.59. The normalized spacial score (nSPS) is 20.1. The van der Waals surface area contributed by atoms with Gasteiger partial charge in [0.2, 0.25) is 0 Å². The summed E-state index contributed by atoms with van der Waals surface area (Å²) in [5, 5.41) is 3.90. The smallest absolute Gasteiger partial charge is 0.251 e. The van der Waals surface area contributed by atoms with Crippen LogP contribution in [-0.2, 0) is 0 Å². The molecule has 1 atom stereocenters. The van der Waals surface area contributed by atoms with Crippen LogP contribution in [0.3, 0.4) is 0 Å². The van der Waals surface area contributed by atoms with Crippen LogP contribution in [-0.4, -0.2) is 42.1 Å². The lowest BCUT2D eigenvalue weighted by Gasteiger charge is -2.26. The van der Waals surface area contributed by atoms with E-state index in [9.17, 15) is 18.3 Å². The molecule has 1 saturated heterocycles.